The fourth-order valence-electron chi connectivity index (χ4n) is 2.21. The topological polar surface area (TPSA) is 68.3 Å². The Morgan fingerprint density at radius 2 is 2.15 bits per heavy atom. The molecule has 2 atom stereocenters. The summed E-state index contributed by atoms with van der Waals surface area (Å²) in [6.45, 7) is 8.81. The van der Waals surface area contributed by atoms with Gasteiger partial charge < -0.3 is 20.1 Å². The van der Waals surface area contributed by atoms with Crippen LogP contribution in [0.1, 0.15) is 33.0 Å². The maximum absolute atomic E-state index is 5.56. The number of nitrogens with one attached hydrogen (secondary N) is 2. The number of nitrogens with zero attached hydrogens (tertiary/aromatic N) is 2. The minimum absolute atomic E-state index is 0.211. The van der Waals surface area contributed by atoms with Gasteiger partial charge in [-0.1, -0.05) is 0 Å². The van der Waals surface area contributed by atoms with E-state index in [9.17, 15) is 0 Å². The van der Waals surface area contributed by atoms with E-state index in [1.54, 1.807) is 0 Å². The maximum Gasteiger partial charge on any atom is 0.158 e. The third-order valence-electron chi connectivity index (χ3n) is 3.28. The van der Waals surface area contributed by atoms with Crippen LogP contribution in [-0.2, 0) is 16.1 Å². The molecule has 20 heavy (non-hydrogen) atoms. The molecule has 2 unspecified atom stereocenters. The average molecular weight is 280 g/mol. The number of aromatic nitrogens is 2. The van der Waals surface area contributed by atoms with Gasteiger partial charge in [0, 0.05) is 25.8 Å². The van der Waals surface area contributed by atoms with Crippen molar-refractivity contribution in [1.29, 1.82) is 0 Å². The fourth-order valence-corrected chi connectivity index (χ4v) is 2.21. The maximum atomic E-state index is 5.56. The molecule has 1 aliphatic heterocycles. The second-order valence-electron chi connectivity index (χ2n) is 4.84. The number of hydrogen-bond acceptors (Lipinski definition) is 6. The van der Waals surface area contributed by atoms with Crippen LogP contribution in [-0.4, -0.2) is 41.9 Å². The molecule has 1 fully saturated rings. The van der Waals surface area contributed by atoms with Crippen LogP contribution in [0.4, 0.5) is 11.6 Å². The molecule has 1 aromatic rings. The van der Waals surface area contributed by atoms with E-state index in [0.29, 0.717) is 25.1 Å². The number of ether oxygens (including phenoxy) is 2. The highest BCUT2D eigenvalue weighted by molar-refractivity contribution is 5.48. The van der Waals surface area contributed by atoms with Gasteiger partial charge in [0.25, 0.3) is 0 Å². The first-order valence-electron chi connectivity index (χ1n) is 7.30. The summed E-state index contributed by atoms with van der Waals surface area (Å²) in [5.74, 6) is 2.35. The van der Waals surface area contributed by atoms with E-state index in [4.69, 9.17) is 9.47 Å². The molecule has 1 aromatic heterocycles. The van der Waals surface area contributed by atoms with Crippen molar-refractivity contribution in [3.8, 4) is 0 Å². The third kappa shape index (κ3) is 4.05. The lowest BCUT2D eigenvalue weighted by Gasteiger charge is -2.18. The Morgan fingerprint density at radius 3 is 2.80 bits per heavy atom. The van der Waals surface area contributed by atoms with E-state index < -0.39 is 0 Å². The SMILES string of the molecule is CCNc1cc(NC2CCOC2C)nc(COCC)n1. The summed E-state index contributed by atoms with van der Waals surface area (Å²) >= 11 is 0. The summed E-state index contributed by atoms with van der Waals surface area (Å²) in [5, 5.41) is 6.66. The second-order valence-corrected chi connectivity index (χ2v) is 4.84. The summed E-state index contributed by atoms with van der Waals surface area (Å²) in [7, 11) is 0. The van der Waals surface area contributed by atoms with Gasteiger partial charge in [-0.2, -0.15) is 0 Å². The number of rotatable bonds is 7. The zero-order valence-electron chi connectivity index (χ0n) is 12.5. The molecule has 2 rings (SSSR count). The molecule has 6 heteroatoms. The van der Waals surface area contributed by atoms with Crippen LogP contribution in [0.15, 0.2) is 6.07 Å². The highest BCUT2D eigenvalue weighted by atomic mass is 16.5. The van der Waals surface area contributed by atoms with Gasteiger partial charge in [0.15, 0.2) is 5.82 Å². The molecular formula is C14H24N4O2. The Morgan fingerprint density at radius 1 is 1.35 bits per heavy atom. The monoisotopic (exact) mass is 280 g/mol. The van der Waals surface area contributed by atoms with Crippen molar-refractivity contribution in [1.82, 2.24) is 9.97 Å². The minimum Gasteiger partial charge on any atom is -0.376 e. The van der Waals surface area contributed by atoms with Gasteiger partial charge in [-0.25, -0.2) is 9.97 Å². The van der Waals surface area contributed by atoms with Crippen LogP contribution in [0.25, 0.3) is 0 Å². The second kappa shape index (κ2) is 7.40. The Kier molecular flexibility index (Phi) is 5.55. The molecule has 2 N–H and O–H groups in total. The summed E-state index contributed by atoms with van der Waals surface area (Å²) in [4.78, 5) is 8.94. The zero-order chi connectivity index (χ0) is 14.4. The van der Waals surface area contributed by atoms with E-state index in [2.05, 4.69) is 27.5 Å². The molecule has 1 aliphatic rings. The Hall–Kier alpha value is -1.40. The van der Waals surface area contributed by atoms with Gasteiger partial charge in [0.05, 0.1) is 12.1 Å². The van der Waals surface area contributed by atoms with Gasteiger partial charge in [0.2, 0.25) is 0 Å². The minimum atomic E-state index is 0.211. The van der Waals surface area contributed by atoms with Crippen LogP contribution >= 0.6 is 0 Å². The van der Waals surface area contributed by atoms with Crippen molar-refractivity contribution in [3.05, 3.63) is 11.9 Å². The Bertz CT molecular complexity index is 428. The van der Waals surface area contributed by atoms with E-state index in [1.165, 1.54) is 0 Å². The van der Waals surface area contributed by atoms with Crippen molar-refractivity contribution in [2.24, 2.45) is 0 Å². The van der Waals surface area contributed by atoms with Crippen LogP contribution < -0.4 is 10.6 Å². The molecule has 0 spiro atoms. The van der Waals surface area contributed by atoms with Crippen LogP contribution in [0.3, 0.4) is 0 Å². The molecule has 1 saturated heterocycles. The van der Waals surface area contributed by atoms with E-state index >= 15 is 0 Å². The van der Waals surface area contributed by atoms with Gasteiger partial charge in [0.1, 0.15) is 18.2 Å². The first kappa shape index (κ1) is 15.0. The molecule has 6 nitrogen and oxygen atoms in total. The van der Waals surface area contributed by atoms with E-state index in [0.717, 1.165) is 31.2 Å². The van der Waals surface area contributed by atoms with Gasteiger partial charge in [-0.05, 0) is 27.2 Å². The van der Waals surface area contributed by atoms with Gasteiger partial charge >= 0.3 is 0 Å². The molecule has 112 valence electrons. The molecule has 0 aromatic carbocycles. The number of anilines is 2. The number of hydrogen-bond donors (Lipinski definition) is 2. The molecule has 0 bridgehead atoms. The molecule has 0 aliphatic carbocycles. The molecule has 2 heterocycles. The first-order chi connectivity index (χ1) is 9.72. The Balaban J connectivity index is 2.10. The average Bonchev–Trinajstić information content (AvgIpc) is 2.82. The third-order valence-corrected chi connectivity index (χ3v) is 3.28. The standard InChI is InChI=1S/C14H24N4O2/c1-4-15-12-8-13(16-11-6-7-20-10(11)3)18-14(17-12)9-19-5-2/h8,10-11H,4-7,9H2,1-3H3,(H2,15,16,17,18). The van der Waals surface area contributed by atoms with Gasteiger partial charge in [-0.3, -0.25) is 0 Å². The summed E-state index contributed by atoms with van der Waals surface area (Å²) < 4.78 is 11.0. The lowest BCUT2D eigenvalue weighted by Crippen LogP contribution is -2.27. The van der Waals surface area contributed by atoms with Crippen molar-refractivity contribution in [2.75, 3.05) is 30.4 Å². The molecule has 0 amide bonds. The predicted molar refractivity (Wildman–Crippen MR) is 79.0 cm³/mol. The van der Waals surface area contributed by atoms with Crippen molar-refractivity contribution >= 4 is 11.6 Å². The van der Waals surface area contributed by atoms with E-state index in [-0.39, 0.29) is 6.10 Å². The summed E-state index contributed by atoms with van der Waals surface area (Å²) in [6, 6.07) is 2.24. The molecular weight excluding hydrogens is 256 g/mol. The Labute approximate surface area is 120 Å². The van der Waals surface area contributed by atoms with Gasteiger partial charge in [-0.15, -0.1) is 0 Å². The highest BCUT2D eigenvalue weighted by Gasteiger charge is 2.24. The van der Waals surface area contributed by atoms with Crippen LogP contribution in [0.5, 0.6) is 0 Å². The molecule has 0 radical (unpaired) electrons. The van der Waals surface area contributed by atoms with Crippen molar-refractivity contribution in [3.63, 3.8) is 0 Å². The van der Waals surface area contributed by atoms with Crippen LogP contribution in [0.2, 0.25) is 0 Å². The van der Waals surface area contributed by atoms with Crippen molar-refractivity contribution < 1.29 is 9.47 Å². The lowest BCUT2D eigenvalue weighted by molar-refractivity contribution is 0.121. The van der Waals surface area contributed by atoms with E-state index in [1.807, 2.05) is 19.9 Å². The predicted octanol–water partition coefficient (Wildman–Crippen LogP) is 2.03. The zero-order valence-corrected chi connectivity index (χ0v) is 12.5. The normalized spacial score (nSPS) is 21.9. The first-order valence-corrected chi connectivity index (χ1v) is 7.30. The van der Waals surface area contributed by atoms with Crippen LogP contribution in [0, 0.1) is 0 Å². The van der Waals surface area contributed by atoms with Crippen molar-refractivity contribution in [2.45, 2.75) is 45.9 Å². The lowest BCUT2D eigenvalue weighted by atomic mass is 10.1. The largest absolute Gasteiger partial charge is 0.376 e. The summed E-state index contributed by atoms with van der Waals surface area (Å²) in [6.07, 6.45) is 1.21. The quantitative estimate of drug-likeness (QED) is 0.796. The summed E-state index contributed by atoms with van der Waals surface area (Å²) in [5.41, 5.74) is 0. The fraction of sp³-hybridized carbons (Fsp3) is 0.714. The smallest absolute Gasteiger partial charge is 0.158 e. The molecule has 0 saturated carbocycles. The highest BCUT2D eigenvalue weighted by Crippen LogP contribution is 2.19.